The number of carbonyl (C=O) groups excluding carboxylic acids is 2. The third-order valence-electron chi connectivity index (χ3n) is 4.36. The van der Waals surface area contributed by atoms with Gasteiger partial charge in [0.1, 0.15) is 5.75 Å². The zero-order valence-electron chi connectivity index (χ0n) is 17.9. The van der Waals surface area contributed by atoms with Crippen LogP contribution in [0.1, 0.15) is 17.3 Å². The van der Waals surface area contributed by atoms with Gasteiger partial charge in [-0.1, -0.05) is 0 Å². The molecular formula is C23H20F2N2O6S. The van der Waals surface area contributed by atoms with Crippen molar-refractivity contribution in [2.24, 2.45) is 0 Å². The first-order valence-electron chi connectivity index (χ1n) is 9.95. The summed E-state index contributed by atoms with van der Waals surface area (Å²) in [5.74, 6) is -3.23. The molecule has 0 aliphatic carbocycles. The van der Waals surface area contributed by atoms with Crippen LogP contribution in [0, 0.1) is 11.6 Å². The highest BCUT2D eigenvalue weighted by Gasteiger charge is 2.16. The van der Waals surface area contributed by atoms with Crippen LogP contribution in [0.25, 0.3) is 0 Å². The minimum absolute atomic E-state index is 0.00381. The fourth-order valence-corrected chi connectivity index (χ4v) is 3.81. The van der Waals surface area contributed by atoms with Crippen LogP contribution in [-0.4, -0.2) is 33.5 Å². The van der Waals surface area contributed by atoms with E-state index < -0.39 is 40.1 Å². The van der Waals surface area contributed by atoms with Crippen molar-refractivity contribution in [2.45, 2.75) is 11.8 Å². The number of rotatable bonds is 9. The van der Waals surface area contributed by atoms with Crippen LogP contribution < -0.4 is 14.8 Å². The van der Waals surface area contributed by atoms with E-state index in [1.807, 2.05) is 6.92 Å². The van der Waals surface area contributed by atoms with E-state index in [-0.39, 0.29) is 21.8 Å². The molecule has 0 heterocycles. The zero-order valence-corrected chi connectivity index (χ0v) is 18.7. The van der Waals surface area contributed by atoms with E-state index in [1.54, 1.807) is 12.1 Å². The molecule has 3 aromatic carbocycles. The number of ether oxygens (including phenoxy) is 2. The molecule has 8 nitrogen and oxygen atoms in total. The normalized spacial score (nSPS) is 10.9. The maximum Gasteiger partial charge on any atom is 0.338 e. The summed E-state index contributed by atoms with van der Waals surface area (Å²) in [4.78, 5) is 24.0. The molecule has 1 amide bonds. The number of amides is 1. The molecule has 0 atom stereocenters. The van der Waals surface area contributed by atoms with Crippen LogP contribution in [0.3, 0.4) is 0 Å². The van der Waals surface area contributed by atoms with Crippen molar-refractivity contribution in [3.05, 3.63) is 83.9 Å². The Morgan fingerprint density at radius 3 is 2.15 bits per heavy atom. The minimum Gasteiger partial charge on any atom is -0.494 e. The predicted molar refractivity (Wildman–Crippen MR) is 120 cm³/mol. The second-order valence-corrected chi connectivity index (χ2v) is 8.52. The summed E-state index contributed by atoms with van der Waals surface area (Å²) in [5, 5.41) is 2.27. The summed E-state index contributed by atoms with van der Waals surface area (Å²) in [6.45, 7) is 1.61. The zero-order chi connectivity index (χ0) is 24.7. The first-order chi connectivity index (χ1) is 16.2. The lowest BCUT2D eigenvalue weighted by atomic mass is 10.2. The highest BCUT2D eigenvalue weighted by Crippen LogP contribution is 2.20. The van der Waals surface area contributed by atoms with Gasteiger partial charge in [-0.3, -0.25) is 9.52 Å². The average Bonchev–Trinajstić information content (AvgIpc) is 2.81. The van der Waals surface area contributed by atoms with Gasteiger partial charge in [0.25, 0.3) is 15.9 Å². The number of anilines is 2. The Morgan fingerprint density at radius 1 is 0.882 bits per heavy atom. The fraction of sp³-hybridized carbons (Fsp3) is 0.130. The summed E-state index contributed by atoms with van der Waals surface area (Å²) in [5.41, 5.74) is 0.287. The molecule has 3 aromatic rings. The van der Waals surface area contributed by atoms with Crippen LogP contribution in [0.2, 0.25) is 0 Å². The van der Waals surface area contributed by atoms with Gasteiger partial charge in [-0.15, -0.1) is 0 Å². The summed E-state index contributed by atoms with van der Waals surface area (Å²) in [6, 6.07) is 14.1. The summed E-state index contributed by atoms with van der Waals surface area (Å²) < 4.78 is 63.7. The van der Waals surface area contributed by atoms with Crippen molar-refractivity contribution in [1.82, 2.24) is 0 Å². The molecule has 0 aliphatic heterocycles. The molecule has 0 fully saturated rings. The van der Waals surface area contributed by atoms with Crippen molar-refractivity contribution in [3.8, 4) is 5.75 Å². The van der Waals surface area contributed by atoms with E-state index in [1.165, 1.54) is 36.4 Å². The van der Waals surface area contributed by atoms with E-state index in [2.05, 4.69) is 10.0 Å². The van der Waals surface area contributed by atoms with Crippen LogP contribution in [0.4, 0.5) is 20.2 Å². The fourth-order valence-electron chi connectivity index (χ4n) is 2.76. The van der Waals surface area contributed by atoms with Gasteiger partial charge in [0, 0.05) is 17.4 Å². The molecule has 0 radical (unpaired) electrons. The Morgan fingerprint density at radius 2 is 1.53 bits per heavy atom. The minimum atomic E-state index is -3.86. The van der Waals surface area contributed by atoms with Gasteiger partial charge < -0.3 is 14.8 Å². The van der Waals surface area contributed by atoms with E-state index in [9.17, 15) is 26.8 Å². The molecule has 0 aromatic heterocycles. The quantitative estimate of drug-likeness (QED) is 0.440. The lowest BCUT2D eigenvalue weighted by Crippen LogP contribution is -2.21. The molecule has 0 saturated carbocycles. The Balaban J connectivity index is 1.55. The van der Waals surface area contributed by atoms with Crippen molar-refractivity contribution in [1.29, 1.82) is 0 Å². The number of nitrogens with one attached hydrogen (secondary N) is 2. The van der Waals surface area contributed by atoms with Gasteiger partial charge in [0.15, 0.2) is 18.2 Å². The third-order valence-corrected chi connectivity index (χ3v) is 5.75. The van der Waals surface area contributed by atoms with Gasteiger partial charge >= 0.3 is 5.97 Å². The molecule has 0 aliphatic rings. The summed E-state index contributed by atoms with van der Waals surface area (Å²) in [6.07, 6.45) is 0. The standard InChI is InChI=1S/C23H20F2N2O6S/c1-2-32-18-8-10-19(11-9-18)34(30,31)27-16-5-3-15(4-6-16)23(29)33-14-22(28)26-17-7-12-20(24)21(25)13-17/h3-13,27H,2,14H2,1H3,(H,26,28). The highest BCUT2D eigenvalue weighted by molar-refractivity contribution is 7.92. The molecule has 3 rings (SSSR count). The topological polar surface area (TPSA) is 111 Å². The van der Waals surface area contributed by atoms with Gasteiger partial charge in [0.2, 0.25) is 0 Å². The lowest BCUT2D eigenvalue weighted by molar-refractivity contribution is -0.119. The third kappa shape index (κ3) is 6.51. The largest absolute Gasteiger partial charge is 0.494 e. The Kier molecular flexibility index (Phi) is 7.79. The molecule has 0 saturated heterocycles. The van der Waals surface area contributed by atoms with Crippen LogP contribution >= 0.6 is 0 Å². The van der Waals surface area contributed by atoms with Crippen LogP contribution in [0.15, 0.2) is 71.6 Å². The van der Waals surface area contributed by atoms with Gasteiger partial charge in [-0.05, 0) is 67.6 Å². The maximum atomic E-state index is 13.2. The average molecular weight is 490 g/mol. The number of carbonyl (C=O) groups is 2. The first kappa shape index (κ1) is 24.6. The number of hydrogen-bond acceptors (Lipinski definition) is 6. The molecule has 11 heteroatoms. The van der Waals surface area contributed by atoms with Crippen molar-refractivity contribution < 1.29 is 36.3 Å². The van der Waals surface area contributed by atoms with E-state index in [0.29, 0.717) is 12.4 Å². The van der Waals surface area contributed by atoms with Gasteiger partial charge in [0.05, 0.1) is 17.1 Å². The molecular weight excluding hydrogens is 470 g/mol. The maximum absolute atomic E-state index is 13.2. The monoisotopic (exact) mass is 490 g/mol. The second-order valence-electron chi connectivity index (χ2n) is 6.84. The van der Waals surface area contributed by atoms with Crippen molar-refractivity contribution in [3.63, 3.8) is 0 Å². The molecule has 178 valence electrons. The number of benzene rings is 3. The Hall–Kier alpha value is -3.99. The number of halogens is 2. The van der Waals surface area contributed by atoms with Gasteiger partial charge in [-0.2, -0.15) is 0 Å². The molecule has 0 unspecified atom stereocenters. The van der Waals surface area contributed by atoms with Crippen molar-refractivity contribution >= 4 is 33.3 Å². The summed E-state index contributed by atoms with van der Waals surface area (Å²) in [7, 11) is -3.86. The molecule has 0 spiro atoms. The highest BCUT2D eigenvalue weighted by atomic mass is 32.2. The second kappa shape index (κ2) is 10.8. The predicted octanol–water partition coefficient (Wildman–Crippen LogP) is 3.96. The van der Waals surface area contributed by atoms with E-state index in [0.717, 1.165) is 18.2 Å². The van der Waals surface area contributed by atoms with E-state index in [4.69, 9.17) is 9.47 Å². The summed E-state index contributed by atoms with van der Waals surface area (Å²) >= 11 is 0. The number of esters is 1. The number of hydrogen-bond donors (Lipinski definition) is 2. The molecule has 2 N–H and O–H groups in total. The number of sulfonamides is 1. The first-order valence-corrected chi connectivity index (χ1v) is 11.4. The Labute approximate surface area is 194 Å². The molecule has 34 heavy (non-hydrogen) atoms. The SMILES string of the molecule is CCOc1ccc(S(=O)(=O)Nc2ccc(C(=O)OCC(=O)Nc3ccc(F)c(F)c3)cc2)cc1. The molecule has 0 bridgehead atoms. The Bertz CT molecular complexity index is 1280. The van der Waals surface area contributed by atoms with Crippen LogP contribution in [-0.2, 0) is 19.6 Å². The van der Waals surface area contributed by atoms with Gasteiger partial charge in [-0.25, -0.2) is 22.0 Å². The van der Waals surface area contributed by atoms with Crippen LogP contribution in [0.5, 0.6) is 5.75 Å². The van der Waals surface area contributed by atoms with E-state index >= 15 is 0 Å². The van der Waals surface area contributed by atoms with Crippen molar-refractivity contribution in [2.75, 3.05) is 23.3 Å². The lowest BCUT2D eigenvalue weighted by Gasteiger charge is -2.10. The smallest absolute Gasteiger partial charge is 0.338 e.